The van der Waals surface area contributed by atoms with Crippen molar-refractivity contribution < 1.29 is 17.9 Å². The second-order valence-corrected chi connectivity index (χ2v) is 2.96. The summed E-state index contributed by atoms with van der Waals surface area (Å²) in [5.41, 5.74) is 2.75. The van der Waals surface area contributed by atoms with Crippen LogP contribution in [0.3, 0.4) is 0 Å². The summed E-state index contributed by atoms with van der Waals surface area (Å²) in [5.74, 6) is 5.30. The van der Waals surface area contributed by atoms with Crippen molar-refractivity contribution in [1.29, 1.82) is 0 Å². The third kappa shape index (κ3) is 3.32. The van der Waals surface area contributed by atoms with Crippen molar-refractivity contribution in [1.82, 2.24) is 0 Å². The van der Waals surface area contributed by atoms with Crippen molar-refractivity contribution in [3.63, 3.8) is 0 Å². The Morgan fingerprint density at radius 3 is 2.53 bits per heavy atom. The molecule has 3 nitrogen and oxygen atoms in total. The van der Waals surface area contributed by atoms with E-state index in [1.165, 1.54) is 19.2 Å². The largest absolute Gasteiger partial charge is 0.496 e. The van der Waals surface area contributed by atoms with E-state index in [-0.39, 0.29) is 11.3 Å². The SMILES string of the molecule is COc1ccc(NN)cc1CC(F)(F)F. The Morgan fingerprint density at radius 1 is 1.40 bits per heavy atom. The molecule has 84 valence electrons. The molecule has 0 spiro atoms. The molecule has 0 aliphatic heterocycles. The lowest BCUT2D eigenvalue weighted by Crippen LogP contribution is -2.13. The van der Waals surface area contributed by atoms with Crippen molar-refractivity contribution >= 4 is 5.69 Å². The summed E-state index contributed by atoms with van der Waals surface area (Å²) < 4.78 is 41.4. The highest BCUT2D eigenvalue weighted by Crippen LogP contribution is 2.29. The van der Waals surface area contributed by atoms with E-state index >= 15 is 0 Å². The number of hydrazine groups is 1. The monoisotopic (exact) mass is 220 g/mol. The third-order valence-corrected chi connectivity index (χ3v) is 1.84. The molecule has 3 N–H and O–H groups in total. The minimum atomic E-state index is -4.26. The Balaban J connectivity index is 3.01. The number of hydrogen-bond donors (Lipinski definition) is 2. The molecule has 0 heterocycles. The van der Waals surface area contributed by atoms with Crippen molar-refractivity contribution in [3.8, 4) is 5.75 Å². The minimum absolute atomic E-state index is 0.0560. The van der Waals surface area contributed by atoms with Gasteiger partial charge in [-0.1, -0.05) is 0 Å². The molecule has 0 amide bonds. The highest BCUT2D eigenvalue weighted by Gasteiger charge is 2.29. The molecule has 0 aliphatic rings. The fraction of sp³-hybridized carbons (Fsp3) is 0.333. The van der Waals surface area contributed by atoms with Crippen LogP contribution in [0, 0.1) is 0 Å². The van der Waals surface area contributed by atoms with Gasteiger partial charge in [0.2, 0.25) is 0 Å². The molecule has 0 radical (unpaired) electrons. The minimum Gasteiger partial charge on any atom is -0.496 e. The molecule has 15 heavy (non-hydrogen) atoms. The third-order valence-electron chi connectivity index (χ3n) is 1.84. The first-order valence-electron chi connectivity index (χ1n) is 4.16. The molecule has 0 fully saturated rings. The van der Waals surface area contributed by atoms with Gasteiger partial charge < -0.3 is 10.2 Å². The normalized spacial score (nSPS) is 11.3. The molecule has 0 unspecified atom stereocenters. The molecule has 0 aliphatic carbocycles. The van der Waals surface area contributed by atoms with E-state index in [4.69, 9.17) is 10.6 Å². The summed E-state index contributed by atoms with van der Waals surface area (Å²) in [5, 5.41) is 0. The van der Waals surface area contributed by atoms with Gasteiger partial charge in [0.1, 0.15) is 5.75 Å². The second-order valence-electron chi connectivity index (χ2n) is 2.96. The maximum absolute atomic E-state index is 12.2. The Morgan fingerprint density at radius 2 is 2.07 bits per heavy atom. The number of nitrogens with one attached hydrogen (secondary N) is 1. The van der Waals surface area contributed by atoms with Gasteiger partial charge in [-0.2, -0.15) is 13.2 Å². The average molecular weight is 220 g/mol. The van der Waals surface area contributed by atoms with Crippen LogP contribution in [0.1, 0.15) is 5.56 Å². The van der Waals surface area contributed by atoms with Crippen LogP contribution < -0.4 is 16.0 Å². The first-order chi connectivity index (χ1) is 6.96. The quantitative estimate of drug-likeness (QED) is 0.605. The summed E-state index contributed by atoms with van der Waals surface area (Å²) in [6.07, 6.45) is -5.30. The van der Waals surface area contributed by atoms with Crippen LogP contribution in [0.4, 0.5) is 18.9 Å². The number of nitrogens with two attached hydrogens (primary N) is 1. The van der Waals surface area contributed by atoms with Gasteiger partial charge >= 0.3 is 6.18 Å². The van der Waals surface area contributed by atoms with Gasteiger partial charge in [-0.3, -0.25) is 5.84 Å². The Kier molecular flexibility index (Phi) is 3.41. The molecule has 6 heteroatoms. The molecule has 0 saturated heterocycles. The number of ether oxygens (including phenoxy) is 1. The summed E-state index contributed by atoms with van der Waals surface area (Å²) in [6, 6.07) is 4.29. The number of nitrogen functional groups attached to an aromatic ring is 1. The summed E-state index contributed by atoms with van der Waals surface area (Å²) in [4.78, 5) is 0. The molecule has 0 saturated carbocycles. The lowest BCUT2D eigenvalue weighted by molar-refractivity contribution is -0.127. The van der Waals surface area contributed by atoms with Crippen molar-refractivity contribution in [2.45, 2.75) is 12.6 Å². The Bertz CT molecular complexity index is 339. The van der Waals surface area contributed by atoms with Crippen LogP contribution in [-0.4, -0.2) is 13.3 Å². The molecular formula is C9H11F3N2O. The number of hydrogen-bond acceptors (Lipinski definition) is 3. The van der Waals surface area contributed by atoms with E-state index in [2.05, 4.69) is 5.43 Å². The van der Waals surface area contributed by atoms with E-state index in [1.54, 1.807) is 6.07 Å². The first kappa shape index (κ1) is 11.6. The first-order valence-corrected chi connectivity index (χ1v) is 4.16. The van der Waals surface area contributed by atoms with E-state index < -0.39 is 12.6 Å². The van der Waals surface area contributed by atoms with Crippen LogP contribution in [0.2, 0.25) is 0 Å². The van der Waals surface area contributed by atoms with Gasteiger partial charge in [-0.25, -0.2) is 0 Å². The van der Waals surface area contributed by atoms with Crippen LogP contribution in [0.15, 0.2) is 18.2 Å². The number of rotatable bonds is 3. The van der Waals surface area contributed by atoms with Gasteiger partial charge in [0.05, 0.1) is 13.5 Å². The smallest absolute Gasteiger partial charge is 0.393 e. The summed E-state index contributed by atoms with van der Waals surface area (Å²) >= 11 is 0. The van der Waals surface area contributed by atoms with E-state index in [0.29, 0.717) is 5.69 Å². The van der Waals surface area contributed by atoms with Crippen molar-refractivity contribution in [2.75, 3.05) is 12.5 Å². The standard InChI is InChI=1S/C9H11F3N2O/c1-15-8-3-2-7(14-13)4-6(8)5-9(10,11)12/h2-4,14H,5,13H2,1H3. The highest BCUT2D eigenvalue weighted by atomic mass is 19.4. The molecule has 1 aromatic rings. The van der Waals surface area contributed by atoms with Gasteiger partial charge in [0.15, 0.2) is 0 Å². The maximum atomic E-state index is 12.2. The predicted octanol–water partition coefficient (Wildman–Crippen LogP) is 2.09. The highest BCUT2D eigenvalue weighted by molar-refractivity contribution is 5.50. The van der Waals surface area contributed by atoms with Crippen molar-refractivity contribution in [2.24, 2.45) is 5.84 Å². The van der Waals surface area contributed by atoms with E-state index in [9.17, 15) is 13.2 Å². The number of halogens is 3. The van der Waals surface area contributed by atoms with Crippen molar-refractivity contribution in [3.05, 3.63) is 23.8 Å². The zero-order valence-corrected chi connectivity index (χ0v) is 8.06. The predicted molar refractivity (Wildman–Crippen MR) is 50.6 cm³/mol. The Hall–Kier alpha value is -1.43. The number of anilines is 1. The number of benzene rings is 1. The van der Waals surface area contributed by atoms with Crippen LogP contribution >= 0.6 is 0 Å². The molecule has 1 aromatic carbocycles. The van der Waals surface area contributed by atoms with E-state index in [1.807, 2.05) is 0 Å². The second kappa shape index (κ2) is 4.39. The molecule has 0 atom stereocenters. The lowest BCUT2D eigenvalue weighted by atomic mass is 10.1. The summed E-state index contributed by atoms with van der Waals surface area (Å²) in [7, 11) is 1.32. The maximum Gasteiger partial charge on any atom is 0.393 e. The average Bonchev–Trinajstić information content (AvgIpc) is 2.15. The topological polar surface area (TPSA) is 47.3 Å². The van der Waals surface area contributed by atoms with Gasteiger partial charge in [0.25, 0.3) is 0 Å². The fourth-order valence-electron chi connectivity index (χ4n) is 1.22. The zero-order chi connectivity index (χ0) is 11.5. The van der Waals surface area contributed by atoms with Crippen LogP contribution in [0.25, 0.3) is 0 Å². The van der Waals surface area contributed by atoms with E-state index in [0.717, 1.165) is 0 Å². The molecular weight excluding hydrogens is 209 g/mol. The summed E-state index contributed by atoms with van der Waals surface area (Å²) in [6.45, 7) is 0. The molecule has 0 bridgehead atoms. The molecule has 1 rings (SSSR count). The molecule has 0 aromatic heterocycles. The van der Waals surface area contributed by atoms with Gasteiger partial charge in [-0.05, 0) is 18.2 Å². The lowest BCUT2D eigenvalue weighted by Gasteiger charge is -2.12. The zero-order valence-electron chi connectivity index (χ0n) is 8.06. The number of methoxy groups -OCH3 is 1. The van der Waals surface area contributed by atoms with Gasteiger partial charge in [0, 0.05) is 11.3 Å². The van der Waals surface area contributed by atoms with Gasteiger partial charge in [-0.15, -0.1) is 0 Å². The Labute approximate surface area is 85.0 Å². The van der Waals surface area contributed by atoms with Crippen LogP contribution in [-0.2, 0) is 6.42 Å². The number of alkyl halides is 3. The fourth-order valence-corrected chi connectivity index (χ4v) is 1.22. The van der Waals surface area contributed by atoms with Crippen LogP contribution in [0.5, 0.6) is 5.75 Å².